The van der Waals surface area contributed by atoms with Gasteiger partial charge in [-0.2, -0.15) is 0 Å². The SMILES string of the molecule is Cc1c(NC(=O)CN(C)CCCOc2ccc(F)cc2)cccc1[N+](=O)[O-]. The largest absolute Gasteiger partial charge is 0.494 e. The van der Waals surface area contributed by atoms with Gasteiger partial charge < -0.3 is 10.1 Å². The summed E-state index contributed by atoms with van der Waals surface area (Å²) in [6.07, 6.45) is 0.691. The quantitative estimate of drug-likeness (QED) is 0.413. The average molecular weight is 375 g/mol. The van der Waals surface area contributed by atoms with Crippen LogP contribution in [0.5, 0.6) is 5.75 Å². The Bertz CT molecular complexity index is 796. The van der Waals surface area contributed by atoms with Crippen LogP contribution in [0.25, 0.3) is 0 Å². The highest BCUT2D eigenvalue weighted by Crippen LogP contribution is 2.24. The van der Waals surface area contributed by atoms with Crippen molar-refractivity contribution in [3.8, 4) is 5.75 Å². The number of nitrogens with one attached hydrogen (secondary N) is 1. The van der Waals surface area contributed by atoms with Crippen LogP contribution < -0.4 is 10.1 Å². The van der Waals surface area contributed by atoms with Gasteiger partial charge in [0.25, 0.3) is 5.69 Å². The minimum absolute atomic E-state index is 0.0286. The number of amides is 1. The Kier molecular flexibility index (Phi) is 7.25. The molecule has 2 aromatic rings. The molecule has 0 fully saturated rings. The van der Waals surface area contributed by atoms with Gasteiger partial charge in [0.15, 0.2) is 0 Å². The first-order valence-electron chi connectivity index (χ1n) is 8.47. The van der Waals surface area contributed by atoms with Gasteiger partial charge in [-0.3, -0.25) is 19.8 Å². The molecule has 0 bridgehead atoms. The molecule has 2 rings (SSSR count). The van der Waals surface area contributed by atoms with Crippen molar-refractivity contribution < 1.29 is 18.8 Å². The monoisotopic (exact) mass is 375 g/mol. The van der Waals surface area contributed by atoms with Crippen molar-refractivity contribution in [3.05, 3.63) is 64.0 Å². The number of nitro benzene ring substituents is 1. The zero-order valence-corrected chi connectivity index (χ0v) is 15.3. The summed E-state index contributed by atoms with van der Waals surface area (Å²) in [6.45, 7) is 2.83. The summed E-state index contributed by atoms with van der Waals surface area (Å²) in [5.74, 6) is 0.0329. The summed E-state index contributed by atoms with van der Waals surface area (Å²) in [5.41, 5.74) is 0.826. The summed E-state index contributed by atoms with van der Waals surface area (Å²) >= 11 is 0. The van der Waals surface area contributed by atoms with Gasteiger partial charge in [-0.25, -0.2) is 4.39 Å². The lowest BCUT2D eigenvalue weighted by Crippen LogP contribution is -2.31. The number of likely N-dealkylation sites (N-methyl/N-ethyl adjacent to an activating group) is 1. The fourth-order valence-corrected chi connectivity index (χ4v) is 2.53. The van der Waals surface area contributed by atoms with E-state index >= 15 is 0 Å². The van der Waals surface area contributed by atoms with Crippen LogP contribution in [0.2, 0.25) is 0 Å². The molecular formula is C19H22FN3O4. The lowest BCUT2D eigenvalue weighted by Gasteiger charge is -2.17. The van der Waals surface area contributed by atoms with Crippen LogP contribution in [0.3, 0.4) is 0 Å². The highest BCUT2D eigenvalue weighted by molar-refractivity contribution is 5.93. The van der Waals surface area contributed by atoms with E-state index < -0.39 is 4.92 Å². The van der Waals surface area contributed by atoms with Gasteiger partial charge in [0, 0.05) is 12.6 Å². The lowest BCUT2D eigenvalue weighted by molar-refractivity contribution is -0.385. The Morgan fingerprint density at radius 2 is 1.96 bits per heavy atom. The Morgan fingerprint density at radius 1 is 1.26 bits per heavy atom. The Morgan fingerprint density at radius 3 is 2.63 bits per heavy atom. The van der Waals surface area contributed by atoms with E-state index in [1.54, 1.807) is 32.2 Å². The van der Waals surface area contributed by atoms with Gasteiger partial charge in [0.1, 0.15) is 11.6 Å². The third-order valence-electron chi connectivity index (χ3n) is 3.96. The smallest absolute Gasteiger partial charge is 0.274 e. The number of nitrogens with zero attached hydrogens (tertiary/aromatic N) is 2. The number of ether oxygens (including phenoxy) is 1. The van der Waals surface area contributed by atoms with Crippen LogP contribution in [0.4, 0.5) is 15.8 Å². The molecule has 0 saturated heterocycles. The molecule has 27 heavy (non-hydrogen) atoms. The molecule has 0 saturated carbocycles. The predicted octanol–water partition coefficient (Wildman–Crippen LogP) is 3.38. The number of rotatable bonds is 9. The van der Waals surface area contributed by atoms with Gasteiger partial charge in [-0.15, -0.1) is 0 Å². The summed E-state index contributed by atoms with van der Waals surface area (Å²) in [5, 5.41) is 13.7. The summed E-state index contributed by atoms with van der Waals surface area (Å²) in [7, 11) is 1.80. The van der Waals surface area contributed by atoms with E-state index in [1.807, 2.05) is 4.90 Å². The third-order valence-corrected chi connectivity index (χ3v) is 3.96. The lowest BCUT2D eigenvalue weighted by atomic mass is 10.1. The van der Waals surface area contributed by atoms with Crippen LogP contribution in [0.1, 0.15) is 12.0 Å². The first kappa shape index (κ1) is 20.3. The van der Waals surface area contributed by atoms with E-state index in [0.717, 1.165) is 0 Å². The number of carbonyl (C=O) groups is 1. The zero-order valence-electron chi connectivity index (χ0n) is 15.3. The highest BCUT2D eigenvalue weighted by Gasteiger charge is 2.15. The standard InChI is InChI=1S/C19H22FN3O4/c1-14-17(5-3-6-18(14)23(25)26)21-19(24)13-22(2)11-4-12-27-16-9-7-15(20)8-10-16/h3,5-10H,4,11-13H2,1-2H3,(H,21,24). The van der Waals surface area contributed by atoms with Crippen molar-refractivity contribution in [1.29, 1.82) is 0 Å². The molecule has 2 aromatic carbocycles. The molecule has 0 radical (unpaired) electrons. The molecule has 0 spiro atoms. The fourth-order valence-electron chi connectivity index (χ4n) is 2.53. The molecule has 144 valence electrons. The molecule has 1 N–H and O–H groups in total. The number of anilines is 1. The molecule has 0 heterocycles. The number of benzene rings is 2. The highest BCUT2D eigenvalue weighted by atomic mass is 19.1. The second-order valence-electron chi connectivity index (χ2n) is 6.15. The normalized spacial score (nSPS) is 10.7. The second kappa shape index (κ2) is 9.63. The van der Waals surface area contributed by atoms with Crippen molar-refractivity contribution in [1.82, 2.24) is 4.90 Å². The third kappa shape index (κ3) is 6.34. The molecule has 0 aromatic heterocycles. The first-order chi connectivity index (χ1) is 12.9. The Balaban J connectivity index is 1.74. The molecule has 8 heteroatoms. The Labute approximate surface area is 156 Å². The predicted molar refractivity (Wildman–Crippen MR) is 100 cm³/mol. The van der Waals surface area contributed by atoms with Gasteiger partial charge in [0.2, 0.25) is 5.91 Å². The molecule has 7 nitrogen and oxygen atoms in total. The topological polar surface area (TPSA) is 84.7 Å². The number of nitro groups is 1. The molecule has 1 amide bonds. The van der Waals surface area contributed by atoms with Crippen LogP contribution in [-0.2, 0) is 4.79 Å². The van der Waals surface area contributed by atoms with Gasteiger partial charge >= 0.3 is 0 Å². The maximum Gasteiger partial charge on any atom is 0.274 e. The van der Waals surface area contributed by atoms with Crippen LogP contribution in [-0.4, -0.2) is 42.5 Å². The molecule has 0 aliphatic rings. The maximum absolute atomic E-state index is 12.8. The minimum Gasteiger partial charge on any atom is -0.494 e. The van der Waals surface area contributed by atoms with Gasteiger partial charge in [-0.1, -0.05) is 6.07 Å². The molecule has 0 unspecified atom stereocenters. The second-order valence-corrected chi connectivity index (χ2v) is 6.15. The van der Waals surface area contributed by atoms with Crippen molar-refractivity contribution in [3.63, 3.8) is 0 Å². The number of hydrogen-bond donors (Lipinski definition) is 1. The molecular weight excluding hydrogens is 353 g/mol. The van der Waals surface area contributed by atoms with E-state index in [9.17, 15) is 19.3 Å². The summed E-state index contributed by atoms with van der Waals surface area (Å²) < 4.78 is 18.3. The van der Waals surface area contributed by atoms with E-state index in [1.165, 1.54) is 24.3 Å². The van der Waals surface area contributed by atoms with Crippen LogP contribution in [0.15, 0.2) is 42.5 Å². The van der Waals surface area contributed by atoms with Gasteiger partial charge in [0.05, 0.1) is 29.3 Å². The van der Waals surface area contributed by atoms with Crippen molar-refractivity contribution in [2.75, 3.05) is 32.1 Å². The average Bonchev–Trinajstić information content (AvgIpc) is 2.61. The van der Waals surface area contributed by atoms with Crippen molar-refractivity contribution >= 4 is 17.3 Å². The van der Waals surface area contributed by atoms with Crippen molar-refractivity contribution in [2.45, 2.75) is 13.3 Å². The number of halogens is 1. The maximum atomic E-state index is 12.8. The Hall–Kier alpha value is -3.00. The first-order valence-corrected chi connectivity index (χ1v) is 8.47. The van der Waals surface area contributed by atoms with Crippen molar-refractivity contribution in [2.24, 2.45) is 0 Å². The number of hydrogen-bond acceptors (Lipinski definition) is 5. The molecule has 0 aliphatic carbocycles. The van der Waals surface area contributed by atoms with Crippen LogP contribution >= 0.6 is 0 Å². The number of carbonyl (C=O) groups excluding carboxylic acids is 1. The summed E-state index contributed by atoms with van der Waals surface area (Å²) in [6, 6.07) is 10.4. The molecule has 0 atom stereocenters. The van der Waals surface area contributed by atoms with Crippen LogP contribution in [0, 0.1) is 22.9 Å². The minimum atomic E-state index is -0.474. The van der Waals surface area contributed by atoms with E-state index in [2.05, 4.69) is 5.32 Å². The van der Waals surface area contributed by atoms with E-state index in [0.29, 0.717) is 36.6 Å². The molecule has 0 aliphatic heterocycles. The fraction of sp³-hybridized carbons (Fsp3) is 0.316. The summed E-state index contributed by atoms with van der Waals surface area (Å²) in [4.78, 5) is 24.5. The van der Waals surface area contributed by atoms with E-state index in [4.69, 9.17) is 4.74 Å². The van der Waals surface area contributed by atoms with E-state index in [-0.39, 0.29) is 24.0 Å². The zero-order chi connectivity index (χ0) is 19.8. The van der Waals surface area contributed by atoms with Gasteiger partial charge in [-0.05, 0) is 50.7 Å².